The van der Waals surface area contributed by atoms with E-state index in [2.05, 4.69) is 34.6 Å². The smallest absolute Gasteiger partial charge is 0.156 e. The molecule has 0 bridgehead atoms. The molecule has 0 radical (unpaired) electrons. The van der Waals surface area contributed by atoms with E-state index in [-0.39, 0.29) is 0 Å². The van der Waals surface area contributed by atoms with Gasteiger partial charge in [-0.25, -0.2) is 0 Å². The van der Waals surface area contributed by atoms with Crippen LogP contribution in [0.1, 0.15) is 13.3 Å². The topological polar surface area (TPSA) is 51.0 Å². The average Bonchev–Trinajstić information content (AvgIpc) is 2.98. The summed E-state index contributed by atoms with van der Waals surface area (Å²) in [6, 6.07) is 10.0. The summed E-state index contributed by atoms with van der Waals surface area (Å²) in [7, 11) is 0. The maximum atomic E-state index is 5.13. The molecule has 0 unspecified atom stereocenters. The molecule has 0 saturated heterocycles. The molecule has 0 fully saturated rings. The largest absolute Gasteiger partial charge is 0.472 e. The van der Waals surface area contributed by atoms with Gasteiger partial charge in [-0.15, -0.1) is 10.2 Å². The highest BCUT2D eigenvalue weighted by Crippen LogP contribution is 2.29. The number of rotatable bonds is 4. The highest BCUT2D eigenvalue weighted by Gasteiger charge is 2.10. The third-order valence-corrected chi connectivity index (χ3v) is 3.02. The van der Waals surface area contributed by atoms with Gasteiger partial charge < -0.3 is 9.73 Å². The second-order valence-electron chi connectivity index (χ2n) is 4.38. The number of furan rings is 1. The van der Waals surface area contributed by atoms with Gasteiger partial charge in [0, 0.05) is 22.9 Å². The van der Waals surface area contributed by atoms with Crippen LogP contribution in [0.15, 0.2) is 47.3 Å². The molecule has 3 aromatic rings. The molecule has 0 saturated carbocycles. The Morgan fingerprint density at radius 1 is 1.11 bits per heavy atom. The third-order valence-electron chi connectivity index (χ3n) is 3.02. The molecule has 96 valence electrons. The van der Waals surface area contributed by atoms with Gasteiger partial charge in [-0.2, -0.15) is 0 Å². The molecule has 1 N–H and O–H groups in total. The summed E-state index contributed by atoms with van der Waals surface area (Å²) in [6.45, 7) is 3.02. The summed E-state index contributed by atoms with van der Waals surface area (Å²) in [4.78, 5) is 0. The maximum absolute atomic E-state index is 5.13. The van der Waals surface area contributed by atoms with E-state index in [1.807, 2.05) is 18.2 Å². The summed E-state index contributed by atoms with van der Waals surface area (Å²) in [5.74, 6) is 0.838. The zero-order valence-corrected chi connectivity index (χ0v) is 10.8. The number of nitrogens with one attached hydrogen (secondary N) is 1. The first-order valence-electron chi connectivity index (χ1n) is 6.42. The maximum Gasteiger partial charge on any atom is 0.156 e. The van der Waals surface area contributed by atoms with Crippen LogP contribution in [0.3, 0.4) is 0 Å². The zero-order valence-electron chi connectivity index (χ0n) is 10.8. The Balaban J connectivity index is 2.16. The van der Waals surface area contributed by atoms with Crippen LogP contribution < -0.4 is 5.32 Å². The van der Waals surface area contributed by atoms with Gasteiger partial charge in [-0.05, 0) is 12.5 Å². The van der Waals surface area contributed by atoms with Crippen molar-refractivity contribution in [2.75, 3.05) is 11.9 Å². The molecule has 2 aromatic heterocycles. The van der Waals surface area contributed by atoms with Gasteiger partial charge in [-0.1, -0.05) is 31.2 Å². The van der Waals surface area contributed by atoms with E-state index in [4.69, 9.17) is 4.42 Å². The van der Waals surface area contributed by atoms with Gasteiger partial charge in [0.2, 0.25) is 0 Å². The van der Waals surface area contributed by atoms with Crippen molar-refractivity contribution in [1.82, 2.24) is 10.2 Å². The molecule has 19 heavy (non-hydrogen) atoms. The molecule has 2 heterocycles. The second kappa shape index (κ2) is 5.10. The molecular formula is C15H15N3O. The lowest BCUT2D eigenvalue weighted by Crippen LogP contribution is -2.04. The fourth-order valence-corrected chi connectivity index (χ4v) is 2.09. The second-order valence-corrected chi connectivity index (χ2v) is 4.38. The number of hydrogen-bond acceptors (Lipinski definition) is 4. The SMILES string of the molecule is CCCNc1nnc(-c2ccoc2)c2ccccc12. The summed E-state index contributed by atoms with van der Waals surface area (Å²) in [5, 5.41) is 14.1. The average molecular weight is 253 g/mol. The van der Waals surface area contributed by atoms with E-state index in [1.165, 1.54) is 0 Å². The van der Waals surface area contributed by atoms with Crippen LogP contribution in [0.25, 0.3) is 22.0 Å². The predicted molar refractivity (Wildman–Crippen MR) is 76.0 cm³/mol. The Labute approximate surface area is 111 Å². The van der Waals surface area contributed by atoms with Crippen LogP contribution in [-0.4, -0.2) is 16.7 Å². The summed E-state index contributed by atoms with van der Waals surface area (Å²) >= 11 is 0. The predicted octanol–water partition coefficient (Wildman–Crippen LogP) is 3.71. The molecule has 0 aliphatic heterocycles. The molecule has 4 nitrogen and oxygen atoms in total. The van der Waals surface area contributed by atoms with E-state index >= 15 is 0 Å². The van der Waals surface area contributed by atoms with Crippen molar-refractivity contribution < 1.29 is 4.42 Å². The lowest BCUT2D eigenvalue weighted by atomic mass is 10.1. The molecule has 0 spiro atoms. The Morgan fingerprint density at radius 3 is 2.68 bits per heavy atom. The van der Waals surface area contributed by atoms with Crippen LogP contribution in [0.2, 0.25) is 0 Å². The molecule has 0 aliphatic rings. The van der Waals surface area contributed by atoms with Gasteiger partial charge >= 0.3 is 0 Å². The number of benzene rings is 1. The lowest BCUT2D eigenvalue weighted by Gasteiger charge is -2.09. The quantitative estimate of drug-likeness (QED) is 0.770. The van der Waals surface area contributed by atoms with Crippen molar-refractivity contribution in [3.63, 3.8) is 0 Å². The van der Waals surface area contributed by atoms with E-state index in [0.29, 0.717) is 0 Å². The highest BCUT2D eigenvalue weighted by atomic mass is 16.3. The fourth-order valence-electron chi connectivity index (χ4n) is 2.09. The Kier molecular flexibility index (Phi) is 3.14. The van der Waals surface area contributed by atoms with Crippen LogP contribution in [-0.2, 0) is 0 Å². The lowest BCUT2D eigenvalue weighted by molar-refractivity contribution is 0.568. The van der Waals surface area contributed by atoms with E-state index in [1.54, 1.807) is 12.5 Å². The monoisotopic (exact) mass is 253 g/mol. The third kappa shape index (κ3) is 2.17. The minimum absolute atomic E-state index is 0.838. The summed E-state index contributed by atoms with van der Waals surface area (Å²) in [6.07, 6.45) is 4.39. The summed E-state index contributed by atoms with van der Waals surface area (Å²) < 4.78 is 5.13. The number of anilines is 1. The van der Waals surface area contributed by atoms with Crippen LogP contribution in [0.5, 0.6) is 0 Å². The van der Waals surface area contributed by atoms with Gasteiger partial charge in [0.1, 0.15) is 5.69 Å². The van der Waals surface area contributed by atoms with Crippen LogP contribution >= 0.6 is 0 Å². The van der Waals surface area contributed by atoms with E-state index < -0.39 is 0 Å². The normalized spacial score (nSPS) is 10.8. The van der Waals surface area contributed by atoms with Crippen molar-refractivity contribution in [3.05, 3.63) is 42.9 Å². The Bertz CT molecular complexity index is 677. The molecule has 1 aromatic carbocycles. The molecule has 3 rings (SSSR count). The Hall–Kier alpha value is -2.36. The first-order valence-corrected chi connectivity index (χ1v) is 6.42. The van der Waals surface area contributed by atoms with Crippen molar-refractivity contribution in [2.45, 2.75) is 13.3 Å². The number of hydrogen-bond donors (Lipinski definition) is 1. The highest BCUT2D eigenvalue weighted by molar-refractivity contribution is 5.99. The fraction of sp³-hybridized carbons (Fsp3) is 0.200. The number of fused-ring (bicyclic) bond motifs is 1. The Morgan fingerprint density at radius 2 is 1.95 bits per heavy atom. The van der Waals surface area contributed by atoms with Crippen LogP contribution in [0.4, 0.5) is 5.82 Å². The van der Waals surface area contributed by atoms with Gasteiger partial charge in [0.15, 0.2) is 5.82 Å². The van der Waals surface area contributed by atoms with Crippen molar-refractivity contribution in [2.24, 2.45) is 0 Å². The van der Waals surface area contributed by atoms with E-state index in [0.717, 1.165) is 40.8 Å². The molecule has 0 amide bonds. The van der Waals surface area contributed by atoms with Crippen molar-refractivity contribution in [1.29, 1.82) is 0 Å². The first kappa shape index (κ1) is 11.7. The minimum atomic E-state index is 0.838. The zero-order chi connectivity index (χ0) is 13.1. The molecule has 0 atom stereocenters. The standard InChI is InChI=1S/C15H15N3O/c1-2-8-16-15-13-6-4-3-5-12(13)14(17-18-15)11-7-9-19-10-11/h3-7,9-10H,2,8H2,1H3,(H,16,18). The molecule has 4 heteroatoms. The van der Waals surface area contributed by atoms with Crippen molar-refractivity contribution in [3.8, 4) is 11.3 Å². The van der Waals surface area contributed by atoms with Gasteiger partial charge in [0.25, 0.3) is 0 Å². The molecule has 0 aliphatic carbocycles. The number of nitrogens with zero attached hydrogens (tertiary/aromatic N) is 2. The van der Waals surface area contributed by atoms with Gasteiger partial charge in [0.05, 0.1) is 12.5 Å². The number of aromatic nitrogens is 2. The van der Waals surface area contributed by atoms with Gasteiger partial charge in [-0.3, -0.25) is 0 Å². The molecular weight excluding hydrogens is 238 g/mol. The minimum Gasteiger partial charge on any atom is -0.472 e. The van der Waals surface area contributed by atoms with Crippen LogP contribution in [0, 0.1) is 0 Å². The van der Waals surface area contributed by atoms with Crippen molar-refractivity contribution >= 4 is 16.6 Å². The summed E-state index contributed by atoms with van der Waals surface area (Å²) in [5.41, 5.74) is 1.80. The first-order chi connectivity index (χ1) is 9.40. The van der Waals surface area contributed by atoms with E-state index in [9.17, 15) is 0 Å².